The number of rotatable bonds is 5. The molecule has 0 radical (unpaired) electrons. The minimum absolute atomic E-state index is 0.102. The maximum atomic E-state index is 13.3. The van der Waals surface area contributed by atoms with Crippen LogP contribution in [0.15, 0.2) is 70.3 Å². The zero-order chi connectivity index (χ0) is 20.2. The first-order chi connectivity index (χ1) is 14.2. The van der Waals surface area contributed by atoms with Gasteiger partial charge in [0, 0.05) is 12.6 Å². The first-order valence-electron chi connectivity index (χ1n) is 10.3. The zero-order valence-corrected chi connectivity index (χ0v) is 16.5. The molecule has 0 amide bonds. The van der Waals surface area contributed by atoms with Gasteiger partial charge >= 0.3 is 5.69 Å². The average molecular weight is 390 g/mol. The van der Waals surface area contributed by atoms with Crippen LogP contribution in [0.25, 0.3) is 11.1 Å². The highest BCUT2D eigenvalue weighted by Crippen LogP contribution is 2.29. The highest BCUT2D eigenvalue weighted by molar-refractivity contribution is 5.67. The van der Waals surface area contributed by atoms with Crippen LogP contribution in [0.2, 0.25) is 0 Å². The topological polar surface area (TPSA) is 64.2 Å². The number of nitrogens with zero attached hydrogens (tertiary/aromatic N) is 2. The molecule has 0 bridgehead atoms. The Morgan fingerprint density at radius 2 is 1.48 bits per heavy atom. The fourth-order valence-corrected chi connectivity index (χ4v) is 4.26. The van der Waals surface area contributed by atoms with Gasteiger partial charge in [-0.3, -0.25) is 13.9 Å². The normalized spacial score (nSPS) is 14.8. The standard InChI is InChI=1S/C24H26N2O3/c27-22-21(19-12-6-2-7-13-19)23(28)26(20-14-8-3-9-15-20)24(29)25(22)17-16-18-10-4-1-5-11-18/h1-2,4-7,10-13,20,27H,3,8-9,14-17H2. The van der Waals surface area contributed by atoms with Gasteiger partial charge in [0.25, 0.3) is 5.56 Å². The largest absolute Gasteiger partial charge is 0.494 e. The maximum Gasteiger partial charge on any atom is 0.334 e. The van der Waals surface area contributed by atoms with Crippen LogP contribution in [0, 0.1) is 0 Å². The highest BCUT2D eigenvalue weighted by Gasteiger charge is 2.25. The SMILES string of the molecule is O=c1c(-c2ccccc2)c(O)n(CCc2ccccc2)c(=O)n1C1CCCCC1. The second-order valence-corrected chi connectivity index (χ2v) is 7.70. The van der Waals surface area contributed by atoms with Crippen molar-refractivity contribution in [2.24, 2.45) is 0 Å². The molecular weight excluding hydrogens is 364 g/mol. The third kappa shape index (κ3) is 3.90. The lowest BCUT2D eigenvalue weighted by atomic mass is 9.95. The summed E-state index contributed by atoms with van der Waals surface area (Å²) in [6, 6.07) is 18.9. The molecule has 1 fully saturated rings. The van der Waals surface area contributed by atoms with Gasteiger partial charge in [-0.05, 0) is 30.4 Å². The summed E-state index contributed by atoms with van der Waals surface area (Å²) in [6.07, 6.45) is 5.42. The van der Waals surface area contributed by atoms with Crippen molar-refractivity contribution in [2.45, 2.75) is 51.1 Å². The summed E-state index contributed by atoms with van der Waals surface area (Å²) in [7, 11) is 0. The summed E-state index contributed by atoms with van der Waals surface area (Å²) >= 11 is 0. The second-order valence-electron chi connectivity index (χ2n) is 7.70. The monoisotopic (exact) mass is 390 g/mol. The molecule has 5 heteroatoms. The number of hydrogen-bond donors (Lipinski definition) is 1. The Morgan fingerprint density at radius 3 is 2.14 bits per heavy atom. The van der Waals surface area contributed by atoms with E-state index in [-0.39, 0.29) is 23.0 Å². The number of aromatic nitrogens is 2. The van der Waals surface area contributed by atoms with E-state index in [1.807, 2.05) is 48.5 Å². The predicted octanol–water partition coefficient (Wildman–Crippen LogP) is 4.13. The third-order valence-electron chi connectivity index (χ3n) is 5.82. The van der Waals surface area contributed by atoms with Gasteiger partial charge in [-0.1, -0.05) is 79.9 Å². The van der Waals surface area contributed by atoms with Crippen LogP contribution >= 0.6 is 0 Å². The summed E-state index contributed by atoms with van der Waals surface area (Å²) in [5, 5.41) is 11.0. The van der Waals surface area contributed by atoms with Crippen LogP contribution in [-0.4, -0.2) is 14.2 Å². The Hall–Kier alpha value is -3.08. The van der Waals surface area contributed by atoms with Crippen molar-refractivity contribution in [3.05, 3.63) is 87.1 Å². The molecule has 29 heavy (non-hydrogen) atoms. The van der Waals surface area contributed by atoms with E-state index in [0.29, 0.717) is 18.5 Å². The molecular formula is C24H26N2O3. The summed E-state index contributed by atoms with van der Waals surface area (Å²) in [6.45, 7) is 0.321. The molecule has 1 aromatic heterocycles. The summed E-state index contributed by atoms with van der Waals surface area (Å²) in [4.78, 5) is 26.6. The second kappa shape index (κ2) is 8.52. The minimum Gasteiger partial charge on any atom is -0.494 e. The smallest absolute Gasteiger partial charge is 0.334 e. The van der Waals surface area contributed by atoms with Gasteiger partial charge in [-0.2, -0.15) is 0 Å². The van der Waals surface area contributed by atoms with E-state index in [4.69, 9.17) is 0 Å². The fourth-order valence-electron chi connectivity index (χ4n) is 4.26. The van der Waals surface area contributed by atoms with E-state index < -0.39 is 5.69 Å². The molecule has 0 atom stereocenters. The molecule has 0 aliphatic heterocycles. The van der Waals surface area contributed by atoms with Crippen molar-refractivity contribution < 1.29 is 5.11 Å². The van der Waals surface area contributed by atoms with Crippen LogP contribution in [0.1, 0.15) is 43.7 Å². The molecule has 1 aliphatic rings. The van der Waals surface area contributed by atoms with E-state index in [1.165, 1.54) is 9.13 Å². The Kier molecular flexibility index (Phi) is 5.65. The zero-order valence-electron chi connectivity index (χ0n) is 16.5. The quantitative estimate of drug-likeness (QED) is 0.712. The third-order valence-corrected chi connectivity index (χ3v) is 5.82. The molecule has 4 rings (SSSR count). The number of aromatic hydroxyl groups is 1. The number of benzene rings is 2. The van der Waals surface area contributed by atoms with Crippen molar-refractivity contribution in [3.8, 4) is 17.0 Å². The minimum atomic E-state index is -0.407. The van der Waals surface area contributed by atoms with E-state index >= 15 is 0 Å². The van der Waals surface area contributed by atoms with Gasteiger partial charge in [0.2, 0.25) is 5.88 Å². The Labute approximate surface area is 169 Å². The van der Waals surface area contributed by atoms with Crippen molar-refractivity contribution in [1.82, 2.24) is 9.13 Å². The summed E-state index contributed by atoms with van der Waals surface area (Å²) in [5.41, 5.74) is 1.13. The molecule has 0 saturated heterocycles. The fraction of sp³-hybridized carbons (Fsp3) is 0.333. The Morgan fingerprint density at radius 1 is 0.862 bits per heavy atom. The molecule has 1 N–H and O–H groups in total. The number of aryl methyl sites for hydroxylation is 1. The molecule has 1 heterocycles. The van der Waals surface area contributed by atoms with Crippen molar-refractivity contribution in [2.75, 3.05) is 0 Å². The van der Waals surface area contributed by atoms with Crippen molar-refractivity contribution in [3.63, 3.8) is 0 Å². The molecule has 0 spiro atoms. The van der Waals surface area contributed by atoms with E-state index in [9.17, 15) is 14.7 Å². The first kappa shape index (κ1) is 19.2. The van der Waals surface area contributed by atoms with Crippen LogP contribution in [-0.2, 0) is 13.0 Å². The highest BCUT2D eigenvalue weighted by atomic mass is 16.3. The molecule has 3 aromatic rings. The van der Waals surface area contributed by atoms with Crippen LogP contribution in [0.3, 0.4) is 0 Å². The molecule has 1 saturated carbocycles. The van der Waals surface area contributed by atoms with Crippen LogP contribution in [0.4, 0.5) is 0 Å². The van der Waals surface area contributed by atoms with Crippen molar-refractivity contribution in [1.29, 1.82) is 0 Å². The Bertz CT molecular complexity index is 1080. The van der Waals surface area contributed by atoms with Crippen LogP contribution < -0.4 is 11.2 Å². The maximum absolute atomic E-state index is 13.3. The molecule has 1 aliphatic carbocycles. The van der Waals surface area contributed by atoms with Gasteiger partial charge in [0.1, 0.15) is 5.56 Å². The average Bonchev–Trinajstić information content (AvgIpc) is 2.76. The lowest BCUT2D eigenvalue weighted by molar-refractivity contribution is 0.317. The van der Waals surface area contributed by atoms with Gasteiger partial charge < -0.3 is 5.11 Å². The van der Waals surface area contributed by atoms with Gasteiger partial charge in [-0.25, -0.2) is 4.79 Å². The number of hydrogen-bond acceptors (Lipinski definition) is 3. The molecule has 0 unspecified atom stereocenters. The lowest BCUT2D eigenvalue weighted by Crippen LogP contribution is -2.43. The van der Waals surface area contributed by atoms with Crippen molar-refractivity contribution >= 4 is 0 Å². The van der Waals surface area contributed by atoms with Crippen LogP contribution in [0.5, 0.6) is 5.88 Å². The summed E-state index contributed by atoms with van der Waals surface area (Å²) in [5.74, 6) is -0.241. The molecule has 5 nitrogen and oxygen atoms in total. The van der Waals surface area contributed by atoms with Gasteiger partial charge in [0.05, 0.1) is 0 Å². The van der Waals surface area contributed by atoms with E-state index in [1.54, 1.807) is 12.1 Å². The summed E-state index contributed by atoms with van der Waals surface area (Å²) < 4.78 is 2.76. The van der Waals surface area contributed by atoms with E-state index in [2.05, 4.69) is 0 Å². The molecule has 150 valence electrons. The first-order valence-corrected chi connectivity index (χ1v) is 10.3. The molecule has 2 aromatic carbocycles. The van der Waals surface area contributed by atoms with E-state index in [0.717, 1.165) is 37.7 Å². The van der Waals surface area contributed by atoms with Gasteiger partial charge in [0.15, 0.2) is 0 Å². The van der Waals surface area contributed by atoms with Gasteiger partial charge in [-0.15, -0.1) is 0 Å². The predicted molar refractivity (Wildman–Crippen MR) is 114 cm³/mol. The lowest BCUT2D eigenvalue weighted by Gasteiger charge is -2.25. The Balaban J connectivity index is 1.85.